The Morgan fingerprint density at radius 1 is 1.35 bits per heavy atom. The van der Waals surface area contributed by atoms with Crippen LogP contribution in [-0.2, 0) is 6.54 Å². The minimum absolute atomic E-state index is 0.00764. The van der Waals surface area contributed by atoms with Crippen molar-refractivity contribution in [3.8, 4) is 0 Å². The summed E-state index contributed by atoms with van der Waals surface area (Å²) in [7, 11) is 0. The lowest BCUT2D eigenvalue weighted by molar-refractivity contribution is 0.0657. The number of hydrogen-bond acceptors (Lipinski definition) is 3. The Kier molecular flexibility index (Phi) is 4.75. The van der Waals surface area contributed by atoms with Crippen LogP contribution in [0.5, 0.6) is 0 Å². The third kappa shape index (κ3) is 4.23. The Morgan fingerprint density at radius 2 is 2.00 bits per heavy atom. The van der Waals surface area contributed by atoms with Gasteiger partial charge in [0.25, 0.3) is 0 Å². The first-order valence-corrected chi connectivity index (χ1v) is 5.96. The van der Waals surface area contributed by atoms with Crippen molar-refractivity contribution in [3.63, 3.8) is 0 Å². The van der Waals surface area contributed by atoms with E-state index in [0.717, 1.165) is 6.54 Å². The van der Waals surface area contributed by atoms with E-state index >= 15 is 0 Å². The number of carbonyl (C=O) groups is 1. The first-order valence-electron chi connectivity index (χ1n) is 5.96. The molecular formula is C13H21NO3. The minimum atomic E-state index is -1.02. The molecule has 1 aromatic heterocycles. The maximum absolute atomic E-state index is 10.7. The lowest BCUT2D eigenvalue weighted by Gasteiger charge is -2.27. The van der Waals surface area contributed by atoms with Gasteiger partial charge in [0.2, 0.25) is 5.76 Å². The van der Waals surface area contributed by atoms with E-state index in [0.29, 0.717) is 24.3 Å². The van der Waals surface area contributed by atoms with Gasteiger partial charge in [0.15, 0.2) is 0 Å². The molecule has 0 saturated heterocycles. The molecule has 0 fully saturated rings. The molecule has 96 valence electrons. The number of furan rings is 1. The monoisotopic (exact) mass is 239 g/mol. The molecule has 0 radical (unpaired) electrons. The van der Waals surface area contributed by atoms with E-state index in [-0.39, 0.29) is 5.76 Å². The van der Waals surface area contributed by atoms with Gasteiger partial charge in [-0.2, -0.15) is 0 Å². The van der Waals surface area contributed by atoms with E-state index in [1.807, 2.05) is 0 Å². The average molecular weight is 239 g/mol. The van der Waals surface area contributed by atoms with Crippen molar-refractivity contribution in [2.24, 2.45) is 5.92 Å². The Labute approximate surface area is 102 Å². The zero-order valence-electron chi connectivity index (χ0n) is 10.9. The molecule has 0 aromatic carbocycles. The maximum Gasteiger partial charge on any atom is 0.371 e. The highest BCUT2D eigenvalue weighted by atomic mass is 16.4. The molecule has 17 heavy (non-hydrogen) atoms. The molecule has 1 rings (SSSR count). The molecule has 0 aliphatic heterocycles. The van der Waals surface area contributed by atoms with Crippen LogP contribution < -0.4 is 0 Å². The van der Waals surface area contributed by atoms with Gasteiger partial charge in [0, 0.05) is 12.6 Å². The summed E-state index contributed by atoms with van der Waals surface area (Å²) >= 11 is 0. The third-order valence-electron chi connectivity index (χ3n) is 2.56. The van der Waals surface area contributed by atoms with Crippen molar-refractivity contribution in [1.82, 2.24) is 4.90 Å². The number of nitrogens with zero attached hydrogens (tertiary/aromatic N) is 1. The predicted octanol–water partition coefficient (Wildman–Crippen LogP) is 2.84. The van der Waals surface area contributed by atoms with Gasteiger partial charge in [-0.15, -0.1) is 0 Å². The van der Waals surface area contributed by atoms with Gasteiger partial charge in [-0.25, -0.2) is 4.79 Å². The van der Waals surface area contributed by atoms with Crippen LogP contribution in [0, 0.1) is 5.92 Å². The van der Waals surface area contributed by atoms with Crippen LogP contribution in [0.4, 0.5) is 0 Å². The quantitative estimate of drug-likeness (QED) is 0.829. The third-order valence-corrected chi connectivity index (χ3v) is 2.56. The summed E-state index contributed by atoms with van der Waals surface area (Å²) < 4.78 is 5.27. The zero-order valence-corrected chi connectivity index (χ0v) is 10.9. The predicted molar refractivity (Wildman–Crippen MR) is 66.1 cm³/mol. The van der Waals surface area contributed by atoms with Gasteiger partial charge in [-0.05, 0) is 31.9 Å². The largest absolute Gasteiger partial charge is 0.475 e. The first-order chi connectivity index (χ1) is 7.90. The SMILES string of the molecule is CC(C)CN(Cc1ccc(C(=O)O)o1)C(C)C. The number of hydrogen-bond donors (Lipinski definition) is 1. The van der Waals surface area contributed by atoms with E-state index in [4.69, 9.17) is 9.52 Å². The van der Waals surface area contributed by atoms with Crippen LogP contribution in [0.25, 0.3) is 0 Å². The van der Waals surface area contributed by atoms with Crippen LogP contribution >= 0.6 is 0 Å². The fourth-order valence-corrected chi connectivity index (χ4v) is 1.70. The molecule has 0 aliphatic rings. The van der Waals surface area contributed by atoms with Crippen LogP contribution in [0.15, 0.2) is 16.5 Å². The summed E-state index contributed by atoms with van der Waals surface area (Å²) in [5, 5.41) is 8.78. The Balaban J connectivity index is 2.68. The topological polar surface area (TPSA) is 53.7 Å². The lowest BCUT2D eigenvalue weighted by Crippen LogP contribution is -2.33. The van der Waals surface area contributed by atoms with Crippen molar-refractivity contribution in [1.29, 1.82) is 0 Å². The molecule has 0 atom stereocenters. The summed E-state index contributed by atoms with van der Waals surface area (Å²) in [6.07, 6.45) is 0. The average Bonchev–Trinajstić information content (AvgIpc) is 2.64. The second-order valence-corrected chi connectivity index (χ2v) is 4.99. The maximum atomic E-state index is 10.7. The van der Waals surface area contributed by atoms with Gasteiger partial charge in [-0.1, -0.05) is 13.8 Å². The molecule has 0 aliphatic carbocycles. The fourth-order valence-electron chi connectivity index (χ4n) is 1.70. The van der Waals surface area contributed by atoms with Gasteiger partial charge in [-0.3, -0.25) is 4.90 Å². The number of carboxylic acid groups (broad SMARTS) is 1. The lowest BCUT2D eigenvalue weighted by atomic mass is 10.1. The normalized spacial score (nSPS) is 11.7. The summed E-state index contributed by atoms with van der Waals surface area (Å²) in [5.74, 6) is 0.271. The second kappa shape index (κ2) is 5.87. The van der Waals surface area contributed by atoms with Crippen LogP contribution in [0.2, 0.25) is 0 Å². The summed E-state index contributed by atoms with van der Waals surface area (Å²) in [6, 6.07) is 3.65. The van der Waals surface area contributed by atoms with E-state index < -0.39 is 5.97 Å². The van der Waals surface area contributed by atoms with E-state index in [1.54, 1.807) is 6.07 Å². The van der Waals surface area contributed by atoms with Gasteiger partial charge >= 0.3 is 5.97 Å². The first kappa shape index (κ1) is 13.8. The van der Waals surface area contributed by atoms with Gasteiger partial charge < -0.3 is 9.52 Å². The molecule has 0 saturated carbocycles. The van der Waals surface area contributed by atoms with Crippen molar-refractivity contribution >= 4 is 5.97 Å². The molecule has 0 bridgehead atoms. The highest BCUT2D eigenvalue weighted by molar-refractivity contribution is 5.84. The second-order valence-electron chi connectivity index (χ2n) is 4.99. The Morgan fingerprint density at radius 3 is 2.41 bits per heavy atom. The van der Waals surface area contributed by atoms with E-state index in [2.05, 4.69) is 32.6 Å². The highest BCUT2D eigenvalue weighted by Crippen LogP contribution is 2.14. The van der Waals surface area contributed by atoms with Crippen molar-refractivity contribution in [2.45, 2.75) is 40.3 Å². The summed E-state index contributed by atoms with van der Waals surface area (Å²) in [4.78, 5) is 13.0. The Hall–Kier alpha value is -1.29. The van der Waals surface area contributed by atoms with Crippen LogP contribution in [0.1, 0.15) is 44.0 Å². The van der Waals surface area contributed by atoms with Crippen LogP contribution in [0.3, 0.4) is 0 Å². The summed E-state index contributed by atoms with van der Waals surface area (Å²) in [6.45, 7) is 10.2. The minimum Gasteiger partial charge on any atom is -0.475 e. The summed E-state index contributed by atoms with van der Waals surface area (Å²) in [5.41, 5.74) is 0. The van der Waals surface area contributed by atoms with Crippen molar-refractivity contribution in [2.75, 3.05) is 6.54 Å². The molecule has 4 heteroatoms. The fraction of sp³-hybridized carbons (Fsp3) is 0.615. The molecule has 0 unspecified atom stereocenters. The molecular weight excluding hydrogens is 218 g/mol. The van der Waals surface area contributed by atoms with Crippen LogP contribution in [-0.4, -0.2) is 28.6 Å². The molecule has 1 aromatic rings. The smallest absolute Gasteiger partial charge is 0.371 e. The zero-order chi connectivity index (χ0) is 13.0. The Bertz CT molecular complexity index is 368. The van der Waals surface area contributed by atoms with E-state index in [9.17, 15) is 4.79 Å². The standard InChI is InChI=1S/C13H21NO3/c1-9(2)7-14(10(3)4)8-11-5-6-12(17-11)13(15)16/h5-6,9-10H,7-8H2,1-4H3,(H,15,16). The highest BCUT2D eigenvalue weighted by Gasteiger charge is 2.15. The molecule has 0 amide bonds. The number of aromatic carboxylic acids is 1. The van der Waals surface area contributed by atoms with Gasteiger partial charge in [0.1, 0.15) is 5.76 Å². The van der Waals surface area contributed by atoms with Gasteiger partial charge in [0.05, 0.1) is 6.54 Å². The van der Waals surface area contributed by atoms with Crippen molar-refractivity contribution in [3.05, 3.63) is 23.7 Å². The van der Waals surface area contributed by atoms with E-state index in [1.165, 1.54) is 6.07 Å². The molecule has 4 nitrogen and oxygen atoms in total. The molecule has 1 heterocycles. The molecule has 0 spiro atoms. The molecule has 1 N–H and O–H groups in total. The number of rotatable bonds is 6. The number of carboxylic acids is 1. The van der Waals surface area contributed by atoms with Crippen molar-refractivity contribution < 1.29 is 14.3 Å².